The summed E-state index contributed by atoms with van der Waals surface area (Å²) < 4.78 is 23.8. The summed E-state index contributed by atoms with van der Waals surface area (Å²) in [5.74, 6) is 0.509. The van der Waals surface area contributed by atoms with E-state index in [1.165, 1.54) is 0 Å². The molecule has 0 aromatic heterocycles. The summed E-state index contributed by atoms with van der Waals surface area (Å²) in [6.07, 6.45) is 0. The first-order valence-electron chi connectivity index (χ1n) is 6.24. The molecule has 0 aromatic carbocycles. The summed E-state index contributed by atoms with van der Waals surface area (Å²) in [5.41, 5.74) is 0. The van der Waals surface area contributed by atoms with Gasteiger partial charge in [0.2, 0.25) is 0 Å². The lowest BCUT2D eigenvalue weighted by Gasteiger charge is -2.19. The van der Waals surface area contributed by atoms with E-state index in [4.69, 9.17) is 55.5 Å². The third kappa shape index (κ3) is 8.00. The van der Waals surface area contributed by atoms with Crippen LogP contribution in [0.1, 0.15) is 27.7 Å². The molecule has 0 saturated heterocycles. The highest BCUT2D eigenvalue weighted by molar-refractivity contribution is 9.12. The van der Waals surface area contributed by atoms with Gasteiger partial charge in [-0.25, -0.2) is 4.57 Å². The first-order valence-corrected chi connectivity index (χ1v) is 10.8. The number of halogens is 6. The zero-order valence-corrected chi connectivity index (χ0v) is 19.5. The normalized spacial score (nSPS) is 21.0. The van der Waals surface area contributed by atoms with Crippen molar-refractivity contribution in [3.05, 3.63) is 20.5 Å². The first-order chi connectivity index (χ1) is 9.98. The van der Waals surface area contributed by atoms with Gasteiger partial charge in [0.15, 0.2) is 0 Å². The van der Waals surface area contributed by atoms with Gasteiger partial charge in [-0.15, -0.1) is 46.4 Å². The van der Waals surface area contributed by atoms with Crippen LogP contribution in [0.5, 0.6) is 0 Å². The molecule has 0 aliphatic carbocycles. The van der Waals surface area contributed by atoms with Crippen LogP contribution in [0.25, 0.3) is 0 Å². The second-order valence-corrected chi connectivity index (χ2v) is 9.58. The van der Waals surface area contributed by atoms with Crippen molar-refractivity contribution in [1.29, 1.82) is 0 Å². The topological polar surface area (TPSA) is 35.5 Å². The standard InChI is InChI=1S/C12H17Br2Cl4O3P/c1-5(15)9(13)11(7(3)17)20-22(19)21-12(8(4)18)10(14)6(2)16/h5-8,22H,1-4H3/b11-9+,12-10+. The van der Waals surface area contributed by atoms with Gasteiger partial charge in [-0.3, -0.25) is 0 Å². The van der Waals surface area contributed by atoms with Crippen molar-refractivity contribution in [2.75, 3.05) is 0 Å². The Balaban J connectivity index is 5.29. The predicted molar refractivity (Wildman–Crippen MR) is 104 cm³/mol. The third-order valence-corrected chi connectivity index (χ3v) is 6.57. The molecular weight excluding hydrogens is 525 g/mol. The fourth-order valence-corrected chi connectivity index (χ4v) is 4.31. The van der Waals surface area contributed by atoms with Crippen molar-refractivity contribution < 1.29 is 13.6 Å². The Morgan fingerprint density at radius 2 is 1.05 bits per heavy atom. The van der Waals surface area contributed by atoms with Crippen LogP contribution in [-0.2, 0) is 13.6 Å². The van der Waals surface area contributed by atoms with E-state index in [0.29, 0.717) is 8.96 Å². The summed E-state index contributed by atoms with van der Waals surface area (Å²) in [6, 6.07) is 0. The van der Waals surface area contributed by atoms with Crippen LogP contribution >= 0.6 is 86.5 Å². The molecule has 0 N–H and O–H groups in total. The van der Waals surface area contributed by atoms with Crippen LogP contribution < -0.4 is 0 Å². The van der Waals surface area contributed by atoms with Crippen molar-refractivity contribution in [3.8, 4) is 0 Å². The Morgan fingerprint density at radius 1 is 0.773 bits per heavy atom. The Labute approximate surface area is 168 Å². The van der Waals surface area contributed by atoms with Crippen LogP contribution in [0, 0.1) is 0 Å². The van der Waals surface area contributed by atoms with Crippen LogP contribution in [0.2, 0.25) is 0 Å². The van der Waals surface area contributed by atoms with Crippen molar-refractivity contribution in [3.63, 3.8) is 0 Å². The van der Waals surface area contributed by atoms with E-state index in [0.717, 1.165) is 0 Å². The fraction of sp³-hybridized carbons (Fsp3) is 0.667. The quantitative estimate of drug-likeness (QED) is 0.186. The van der Waals surface area contributed by atoms with E-state index in [2.05, 4.69) is 31.9 Å². The van der Waals surface area contributed by atoms with Gasteiger partial charge in [-0.1, -0.05) is 31.9 Å². The Hall–Kier alpha value is 1.43. The van der Waals surface area contributed by atoms with Crippen molar-refractivity contribution >= 4 is 86.5 Å². The molecule has 0 radical (unpaired) electrons. The lowest BCUT2D eigenvalue weighted by atomic mass is 10.3. The SMILES string of the molecule is CC(Cl)/C(Br)=C(\O[PH](=O)O/C(=C(/Br)C(C)Cl)C(C)Cl)C(C)Cl. The number of alkyl halides is 4. The lowest BCUT2D eigenvalue weighted by molar-refractivity contribution is 0.303. The number of hydrogen-bond donors (Lipinski definition) is 0. The average molecular weight is 542 g/mol. The number of allylic oxidation sites excluding steroid dienone is 4. The molecule has 3 nitrogen and oxygen atoms in total. The number of rotatable bonds is 8. The van der Waals surface area contributed by atoms with Crippen molar-refractivity contribution in [1.82, 2.24) is 0 Å². The second kappa shape index (κ2) is 11.1. The van der Waals surface area contributed by atoms with Gasteiger partial charge in [0.25, 0.3) is 0 Å². The maximum absolute atomic E-state index is 12.2. The molecule has 10 heteroatoms. The van der Waals surface area contributed by atoms with E-state index in [9.17, 15) is 4.57 Å². The van der Waals surface area contributed by atoms with Gasteiger partial charge in [0, 0.05) is 0 Å². The smallest absolute Gasteiger partial charge is 0.418 e. The van der Waals surface area contributed by atoms with Gasteiger partial charge < -0.3 is 9.05 Å². The van der Waals surface area contributed by atoms with Gasteiger partial charge in [0.05, 0.1) is 30.5 Å². The molecule has 0 rings (SSSR count). The predicted octanol–water partition coefficient (Wildman–Crippen LogP) is 7.13. The zero-order chi connectivity index (χ0) is 17.6. The van der Waals surface area contributed by atoms with Gasteiger partial charge in [0.1, 0.15) is 11.5 Å². The van der Waals surface area contributed by atoms with E-state index in [-0.39, 0.29) is 22.3 Å². The highest BCUT2D eigenvalue weighted by Crippen LogP contribution is 2.40. The summed E-state index contributed by atoms with van der Waals surface area (Å²) in [6.45, 7) is 6.79. The summed E-state index contributed by atoms with van der Waals surface area (Å²) >= 11 is 30.5. The highest BCUT2D eigenvalue weighted by atomic mass is 79.9. The van der Waals surface area contributed by atoms with Crippen molar-refractivity contribution in [2.45, 2.75) is 49.2 Å². The summed E-state index contributed by atoms with van der Waals surface area (Å²) in [5, 5.41) is -1.85. The molecule has 0 aliphatic rings. The Kier molecular flexibility index (Phi) is 11.8. The molecule has 0 spiro atoms. The van der Waals surface area contributed by atoms with Gasteiger partial charge >= 0.3 is 8.25 Å². The van der Waals surface area contributed by atoms with Gasteiger partial charge in [-0.2, -0.15) is 0 Å². The third-order valence-electron chi connectivity index (χ3n) is 2.28. The Morgan fingerprint density at radius 3 is 1.23 bits per heavy atom. The van der Waals surface area contributed by atoms with Crippen LogP contribution in [-0.4, -0.2) is 21.5 Å². The first kappa shape index (κ1) is 23.4. The minimum Gasteiger partial charge on any atom is -0.420 e. The minimum absolute atomic E-state index is 0.254. The molecule has 4 unspecified atom stereocenters. The van der Waals surface area contributed by atoms with E-state index >= 15 is 0 Å². The Bertz CT molecular complexity index is 425. The monoisotopic (exact) mass is 538 g/mol. The number of hydrogen-bond acceptors (Lipinski definition) is 3. The van der Waals surface area contributed by atoms with E-state index in [1.54, 1.807) is 27.7 Å². The van der Waals surface area contributed by atoms with Crippen LogP contribution in [0.3, 0.4) is 0 Å². The van der Waals surface area contributed by atoms with Crippen LogP contribution in [0.4, 0.5) is 0 Å². The summed E-state index contributed by atoms with van der Waals surface area (Å²) in [7, 11) is -2.94. The average Bonchev–Trinajstić information content (AvgIpc) is 2.39. The molecule has 4 atom stereocenters. The second-order valence-electron chi connectivity index (χ2n) is 4.34. The molecule has 0 bridgehead atoms. The minimum atomic E-state index is -2.94. The summed E-state index contributed by atoms with van der Waals surface area (Å²) in [4.78, 5) is 0. The largest absolute Gasteiger partial charge is 0.420 e. The molecule has 0 fully saturated rings. The maximum Gasteiger partial charge on any atom is 0.418 e. The fourth-order valence-electron chi connectivity index (χ4n) is 1.23. The molecule has 0 aromatic rings. The zero-order valence-electron chi connectivity index (χ0n) is 12.3. The maximum atomic E-state index is 12.2. The molecular formula is C12H17Br2Cl4O3P. The lowest BCUT2D eigenvalue weighted by Crippen LogP contribution is -2.08. The molecule has 0 amide bonds. The molecule has 0 heterocycles. The van der Waals surface area contributed by atoms with Gasteiger partial charge in [-0.05, 0) is 27.7 Å². The van der Waals surface area contributed by atoms with Crippen molar-refractivity contribution in [2.24, 2.45) is 0 Å². The highest BCUT2D eigenvalue weighted by Gasteiger charge is 2.22. The van der Waals surface area contributed by atoms with E-state index < -0.39 is 19.0 Å². The molecule has 0 saturated carbocycles. The molecule has 22 heavy (non-hydrogen) atoms. The molecule has 0 aliphatic heterocycles. The van der Waals surface area contributed by atoms with Crippen LogP contribution in [0.15, 0.2) is 20.5 Å². The van der Waals surface area contributed by atoms with E-state index in [1.807, 2.05) is 0 Å². The molecule has 130 valence electrons.